The van der Waals surface area contributed by atoms with Crippen LogP contribution in [-0.2, 0) is 0 Å². The van der Waals surface area contributed by atoms with Crippen molar-refractivity contribution in [2.45, 2.75) is 0 Å². The normalized spacial score (nSPS) is 11.6. The lowest BCUT2D eigenvalue weighted by molar-refractivity contribution is 0.668. The van der Waals surface area contributed by atoms with E-state index >= 15 is 0 Å². The number of rotatable bonds is 8. The average Bonchev–Trinajstić information content (AvgIpc) is 4.40. The summed E-state index contributed by atoms with van der Waals surface area (Å²) in [6.45, 7) is 0. The van der Waals surface area contributed by atoms with Crippen LogP contribution in [0.3, 0.4) is 0 Å². The maximum Gasteiger partial charge on any atom is 0.135 e. The Bertz CT molecular complexity index is 4370. The van der Waals surface area contributed by atoms with Gasteiger partial charge in [0, 0.05) is 88.6 Å². The lowest BCUT2D eigenvalue weighted by Crippen LogP contribution is -2.09. The molecule has 0 amide bonds. The summed E-state index contributed by atoms with van der Waals surface area (Å²) >= 11 is 0. The Balaban J connectivity index is 0.000000136. The molecule has 78 heavy (non-hydrogen) atoms. The predicted molar refractivity (Wildman–Crippen MR) is 325 cm³/mol. The third kappa shape index (κ3) is 7.57. The molecular formula is C72H48N4O2. The molecule has 0 N–H and O–H groups in total. The molecule has 0 aliphatic rings. The molecule has 16 rings (SSSR count). The Kier molecular flexibility index (Phi) is 10.7. The summed E-state index contributed by atoms with van der Waals surface area (Å²) in [5, 5.41) is 9.46. The third-order valence-corrected chi connectivity index (χ3v) is 15.1. The number of anilines is 6. The van der Waals surface area contributed by atoms with E-state index in [4.69, 9.17) is 8.83 Å². The second-order valence-corrected chi connectivity index (χ2v) is 19.7. The summed E-state index contributed by atoms with van der Waals surface area (Å²) in [7, 11) is 0. The van der Waals surface area contributed by atoms with Crippen LogP contribution < -0.4 is 9.80 Å². The van der Waals surface area contributed by atoms with Crippen molar-refractivity contribution >= 4 is 122 Å². The number of aromatic nitrogens is 2. The minimum absolute atomic E-state index is 0.873. The van der Waals surface area contributed by atoms with E-state index in [0.717, 1.165) is 89.4 Å². The van der Waals surface area contributed by atoms with Crippen molar-refractivity contribution in [3.63, 3.8) is 0 Å². The van der Waals surface area contributed by atoms with E-state index in [0.29, 0.717) is 0 Å². The van der Waals surface area contributed by atoms with Crippen molar-refractivity contribution in [3.05, 3.63) is 291 Å². The number of hydrogen-bond acceptors (Lipinski definition) is 4. The molecule has 0 fully saturated rings. The lowest BCUT2D eigenvalue weighted by Gasteiger charge is -2.25. The standard InChI is InChI=1S/C36H22N2O.C36H26N2O/c1-5-13-31-25(9-1)26-10-2-6-14-32(26)37(31)23-17-19-35-29(21-23)30-22-24(18-20-36(30)39-35)38-33-15-7-3-11-27(33)28-12-4-8-16-34(28)38;1-5-13-27(14-6-1)37(28-15-7-2-8-16-28)31-21-23-35-33(25-31)34-26-32(22-24-36(34)39-35)38(29-17-9-3-10-18-29)30-19-11-4-12-20-30/h1-22H;1-26H. The van der Waals surface area contributed by atoms with E-state index in [1.54, 1.807) is 0 Å². The summed E-state index contributed by atoms with van der Waals surface area (Å²) < 4.78 is 17.4. The molecule has 16 aromatic rings. The first-order valence-corrected chi connectivity index (χ1v) is 26.4. The molecule has 4 aromatic heterocycles. The Morgan fingerprint density at radius 3 is 0.769 bits per heavy atom. The summed E-state index contributed by atoms with van der Waals surface area (Å²) in [4.78, 5) is 4.56. The van der Waals surface area contributed by atoms with Gasteiger partial charge in [0.25, 0.3) is 0 Å². The highest BCUT2D eigenvalue weighted by Gasteiger charge is 2.20. The predicted octanol–water partition coefficient (Wildman–Crippen LogP) is 20.3. The van der Waals surface area contributed by atoms with Crippen LogP contribution in [0.5, 0.6) is 0 Å². The maximum absolute atomic E-state index is 6.33. The summed E-state index contributed by atoms with van der Waals surface area (Å²) in [5.41, 5.74) is 17.2. The largest absolute Gasteiger partial charge is 0.456 e. The lowest BCUT2D eigenvalue weighted by atomic mass is 10.1. The SMILES string of the molecule is c1ccc(N(c2ccccc2)c2ccc3oc4ccc(N(c5ccccc5)c5ccccc5)cc4c3c2)cc1.c1ccc2c(c1)c1ccccc1n2-c1ccc2oc3ccc(-n4c5ccccc5c5ccccc54)cc3c2c1. The van der Waals surface area contributed by atoms with Gasteiger partial charge in [-0.05, 0) is 146 Å². The molecule has 6 nitrogen and oxygen atoms in total. The first-order chi connectivity index (χ1) is 38.7. The summed E-state index contributed by atoms with van der Waals surface area (Å²) in [5.74, 6) is 0. The molecule has 0 saturated heterocycles. The van der Waals surface area contributed by atoms with Crippen molar-refractivity contribution in [2.75, 3.05) is 9.80 Å². The molecule has 6 heteroatoms. The van der Waals surface area contributed by atoms with Gasteiger partial charge in [-0.25, -0.2) is 0 Å². The van der Waals surface area contributed by atoms with Gasteiger partial charge in [-0.15, -0.1) is 0 Å². The Morgan fingerprint density at radius 1 is 0.205 bits per heavy atom. The smallest absolute Gasteiger partial charge is 0.135 e. The van der Waals surface area contributed by atoms with Crippen LogP contribution >= 0.6 is 0 Å². The van der Waals surface area contributed by atoms with E-state index in [1.165, 1.54) is 43.6 Å². The Hall–Kier alpha value is -10.6. The second-order valence-electron chi connectivity index (χ2n) is 19.7. The van der Waals surface area contributed by atoms with E-state index in [1.807, 2.05) is 24.3 Å². The average molecular weight is 1000 g/mol. The number of benzene rings is 12. The van der Waals surface area contributed by atoms with Crippen LogP contribution in [0.25, 0.3) is 98.9 Å². The van der Waals surface area contributed by atoms with Gasteiger partial charge in [0.15, 0.2) is 0 Å². The van der Waals surface area contributed by atoms with Gasteiger partial charge in [-0.2, -0.15) is 0 Å². The molecule has 0 unspecified atom stereocenters. The van der Waals surface area contributed by atoms with E-state index in [9.17, 15) is 0 Å². The van der Waals surface area contributed by atoms with Gasteiger partial charge in [-0.3, -0.25) is 0 Å². The Labute approximate surface area is 449 Å². The fourth-order valence-corrected chi connectivity index (χ4v) is 11.7. The first-order valence-electron chi connectivity index (χ1n) is 26.4. The topological polar surface area (TPSA) is 42.6 Å². The van der Waals surface area contributed by atoms with Gasteiger partial charge < -0.3 is 27.8 Å². The van der Waals surface area contributed by atoms with Gasteiger partial charge in [-0.1, -0.05) is 146 Å². The zero-order chi connectivity index (χ0) is 51.5. The fraction of sp³-hybridized carbons (Fsp3) is 0. The molecule has 368 valence electrons. The van der Waals surface area contributed by atoms with Crippen LogP contribution in [0.4, 0.5) is 34.1 Å². The molecular weight excluding hydrogens is 953 g/mol. The van der Waals surface area contributed by atoms with Crippen LogP contribution in [0.15, 0.2) is 300 Å². The van der Waals surface area contributed by atoms with Gasteiger partial charge in [0.1, 0.15) is 22.3 Å². The van der Waals surface area contributed by atoms with E-state index in [2.05, 4.69) is 286 Å². The molecule has 0 aliphatic carbocycles. The quantitative estimate of drug-likeness (QED) is 0.152. The van der Waals surface area contributed by atoms with Gasteiger partial charge in [0.2, 0.25) is 0 Å². The number of furan rings is 2. The molecule has 0 atom stereocenters. The highest BCUT2D eigenvalue weighted by atomic mass is 16.3. The van der Waals surface area contributed by atoms with Crippen molar-refractivity contribution in [3.8, 4) is 11.4 Å². The summed E-state index contributed by atoms with van der Waals surface area (Å²) in [6, 6.07) is 102. The van der Waals surface area contributed by atoms with Gasteiger partial charge >= 0.3 is 0 Å². The Morgan fingerprint density at radius 2 is 0.462 bits per heavy atom. The van der Waals surface area contributed by atoms with Crippen molar-refractivity contribution in [1.82, 2.24) is 9.13 Å². The van der Waals surface area contributed by atoms with Crippen LogP contribution in [0, 0.1) is 0 Å². The molecule has 4 heterocycles. The van der Waals surface area contributed by atoms with Crippen molar-refractivity contribution in [2.24, 2.45) is 0 Å². The molecule has 0 saturated carbocycles. The molecule has 0 radical (unpaired) electrons. The maximum atomic E-state index is 6.33. The molecule has 12 aromatic carbocycles. The first kappa shape index (κ1) is 44.9. The minimum atomic E-state index is 0.873. The number of para-hydroxylation sites is 8. The number of fused-ring (bicyclic) bond motifs is 12. The number of hydrogen-bond donors (Lipinski definition) is 0. The van der Waals surface area contributed by atoms with Crippen molar-refractivity contribution < 1.29 is 8.83 Å². The van der Waals surface area contributed by atoms with Crippen LogP contribution in [0.2, 0.25) is 0 Å². The highest BCUT2D eigenvalue weighted by molar-refractivity contribution is 6.13. The summed E-state index contributed by atoms with van der Waals surface area (Å²) in [6.07, 6.45) is 0. The monoisotopic (exact) mass is 1000 g/mol. The van der Waals surface area contributed by atoms with Crippen LogP contribution in [0.1, 0.15) is 0 Å². The van der Waals surface area contributed by atoms with Crippen LogP contribution in [-0.4, -0.2) is 9.13 Å². The fourth-order valence-electron chi connectivity index (χ4n) is 11.7. The zero-order valence-electron chi connectivity index (χ0n) is 42.3. The minimum Gasteiger partial charge on any atom is -0.456 e. The highest BCUT2D eigenvalue weighted by Crippen LogP contribution is 2.43. The zero-order valence-corrected chi connectivity index (χ0v) is 42.3. The third-order valence-electron chi connectivity index (χ3n) is 15.1. The van der Waals surface area contributed by atoms with E-state index in [-0.39, 0.29) is 0 Å². The molecule has 0 bridgehead atoms. The van der Waals surface area contributed by atoms with Crippen molar-refractivity contribution in [1.29, 1.82) is 0 Å². The molecule has 0 aliphatic heterocycles. The number of nitrogens with zero attached hydrogens (tertiary/aromatic N) is 4. The second kappa shape index (κ2) is 18.7. The molecule has 0 spiro atoms. The van der Waals surface area contributed by atoms with Gasteiger partial charge in [0.05, 0.1) is 22.1 Å². The van der Waals surface area contributed by atoms with E-state index < -0.39 is 0 Å².